The highest BCUT2D eigenvalue weighted by Crippen LogP contribution is 2.43. The van der Waals surface area contributed by atoms with Gasteiger partial charge in [-0.2, -0.15) is 5.10 Å². The van der Waals surface area contributed by atoms with E-state index in [1.807, 2.05) is 65.6 Å². The highest BCUT2D eigenvalue weighted by Gasteiger charge is 2.42. The zero-order chi connectivity index (χ0) is 20.7. The zero-order valence-corrected chi connectivity index (χ0v) is 17.2. The third-order valence-corrected chi connectivity index (χ3v) is 5.74. The number of H-pyrrole nitrogens is 1. The maximum Gasteiger partial charge on any atom is 0.273 e. The molecule has 0 spiro atoms. The van der Waals surface area contributed by atoms with Crippen LogP contribution in [0.3, 0.4) is 0 Å². The van der Waals surface area contributed by atoms with Gasteiger partial charge in [-0.1, -0.05) is 47.5 Å². The molecule has 5 nitrogen and oxygen atoms in total. The van der Waals surface area contributed by atoms with Gasteiger partial charge >= 0.3 is 0 Å². The third kappa shape index (κ3) is 3.26. The minimum Gasteiger partial charge on any atom is -0.322 e. The van der Waals surface area contributed by atoms with Gasteiger partial charge in [-0.25, -0.2) is 0 Å². The summed E-state index contributed by atoms with van der Waals surface area (Å²) in [6, 6.07) is 18.6. The number of nitrogens with zero attached hydrogens (tertiary/aromatic N) is 3. The molecule has 3 heterocycles. The molecule has 0 aliphatic carbocycles. The predicted octanol–water partition coefficient (Wildman–Crippen LogP) is 5.52. The predicted molar refractivity (Wildman–Crippen MR) is 116 cm³/mol. The molecule has 5 rings (SSSR count). The Labute approximate surface area is 183 Å². The Bertz CT molecular complexity index is 1220. The number of aromatic nitrogens is 3. The van der Waals surface area contributed by atoms with E-state index in [4.69, 9.17) is 23.2 Å². The van der Waals surface area contributed by atoms with Crippen molar-refractivity contribution in [3.8, 4) is 11.3 Å². The average molecular weight is 435 g/mol. The number of nitrogens with one attached hydrogen (secondary N) is 1. The summed E-state index contributed by atoms with van der Waals surface area (Å²) in [5.41, 5.74) is 4.90. The van der Waals surface area contributed by atoms with Crippen molar-refractivity contribution in [1.29, 1.82) is 0 Å². The monoisotopic (exact) mass is 434 g/mol. The second kappa shape index (κ2) is 7.59. The highest BCUT2D eigenvalue weighted by atomic mass is 35.5. The maximum atomic E-state index is 13.4. The molecule has 0 fully saturated rings. The van der Waals surface area contributed by atoms with E-state index in [0.29, 0.717) is 22.3 Å². The Morgan fingerprint density at radius 2 is 1.73 bits per heavy atom. The first kappa shape index (κ1) is 18.9. The van der Waals surface area contributed by atoms with Gasteiger partial charge in [-0.05, 0) is 47.5 Å². The maximum absolute atomic E-state index is 13.4. The number of amides is 1. The summed E-state index contributed by atoms with van der Waals surface area (Å²) < 4.78 is 0. The van der Waals surface area contributed by atoms with Crippen LogP contribution in [0.2, 0.25) is 10.0 Å². The number of pyridine rings is 1. The van der Waals surface area contributed by atoms with Gasteiger partial charge in [0, 0.05) is 40.1 Å². The van der Waals surface area contributed by atoms with Crippen LogP contribution in [0.25, 0.3) is 11.3 Å². The number of halogens is 2. The fourth-order valence-electron chi connectivity index (χ4n) is 3.90. The molecule has 2 aromatic heterocycles. The summed E-state index contributed by atoms with van der Waals surface area (Å²) in [6.07, 6.45) is 3.45. The highest BCUT2D eigenvalue weighted by molar-refractivity contribution is 6.31. The van der Waals surface area contributed by atoms with E-state index < -0.39 is 0 Å². The van der Waals surface area contributed by atoms with Gasteiger partial charge in [0.2, 0.25) is 0 Å². The SMILES string of the molecule is O=C1c2[nH]nc(-c3ccc(Cl)cc3)c2C(c2cccc(Cl)c2)N1Cc1ccncc1. The minimum atomic E-state index is -0.316. The first-order valence-electron chi connectivity index (χ1n) is 9.41. The molecule has 7 heteroatoms. The Hall–Kier alpha value is -3.15. The van der Waals surface area contributed by atoms with Crippen LogP contribution in [0, 0.1) is 0 Å². The number of aromatic amines is 1. The smallest absolute Gasteiger partial charge is 0.273 e. The van der Waals surface area contributed by atoms with Gasteiger partial charge in [0.05, 0.1) is 11.7 Å². The van der Waals surface area contributed by atoms with E-state index in [0.717, 1.165) is 27.9 Å². The zero-order valence-electron chi connectivity index (χ0n) is 15.7. The van der Waals surface area contributed by atoms with Crippen molar-refractivity contribution in [1.82, 2.24) is 20.1 Å². The molecule has 0 radical (unpaired) electrons. The molecule has 1 N–H and O–H groups in total. The van der Waals surface area contributed by atoms with Gasteiger partial charge in [0.1, 0.15) is 5.69 Å². The number of hydrogen-bond acceptors (Lipinski definition) is 3. The lowest BCUT2D eigenvalue weighted by Crippen LogP contribution is -2.29. The number of hydrogen-bond donors (Lipinski definition) is 1. The van der Waals surface area contributed by atoms with Crippen molar-refractivity contribution in [3.63, 3.8) is 0 Å². The van der Waals surface area contributed by atoms with E-state index in [-0.39, 0.29) is 11.9 Å². The van der Waals surface area contributed by atoms with Crippen LogP contribution in [-0.2, 0) is 6.54 Å². The fraction of sp³-hybridized carbons (Fsp3) is 0.0870. The fourth-order valence-corrected chi connectivity index (χ4v) is 4.22. The molecule has 0 saturated heterocycles. The van der Waals surface area contributed by atoms with Crippen LogP contribution >= 0.6 is 23.2 Å². The molecule has 4 aromatic rings. The Balaban J connectivity index is 1.66. The first-order valence-corrected chi connectivity index (χ1v) is 10.2. The summed E-state index contributed by atoms with van der Waals surface area (Å²) >= 11 is 12.4. The van der Waals surface area contributed by atoms with Crippen molar-refractivity contribution < 1.29 is 4.79 Å². The van der Waals surface area contributed by atoms with Gasteiger partial charge in [-0.3, -0.25) is 14.9 Å². The molecular formula is C23H16Cl2N4O. The largest absolute Gasteiger partial charge is 0.322 e. The van der Waals surface area contributed by atoms with Crippen LogP contribution in [0.1, 0.15) is 33.2 Å². The van der Waals surface area contributed by atoms with Crippen molar-refractivity contribution in [3.05, 3.63) is 105 Å². The van der Waals surface area contributed by atoms with Gasteiger partial charge in [0.15, 0.2) is 0 Å². The lowest BCUT2D eigenvalue weighted by molar-refractivity contribution is 0.0730. The minimum absolute atomic E-state index is 0.0977. The summed E-state index contributed by atoms with van der Waals surface area (Å²) in [7, 11) is 0. The number of rotatable bonds is 4. The van der Waals surface area contributed by atoms with Gasteiger partial charge in [0.25, 0.3) is 5.91 Å². The number of carbonyl (C=O) groups is 1. The molecule has 2 aromatic carbocycles. The molecule has 30 heavy (non-hydrogen) atoms. The normalized spacial score (nSPS) is 15.5. The topological polar surface area (TPSA) is 61.9 Å². The Morgan fingerprint density at radius 1 is 0.967 bits per heavy atom. The third-order valence-electron chi connectivity index (χ3n) is 5.25. The second-order valence-corrected chi connectivity index (χ2v) is 7.99. The van der Waals surface area contributed by atoms with Crippen LogP contribution < -0.4 is 0 Å². The van der Waals surface area contributed by atoms with Crippen LogP contribution in [0.4, 0.5) is 0 Å². The van der Waals surface area contributed by atoms with E-state index in [2.05, 4.69) is 15.2 Å². The van der Waals surface area contributed by atoms with Crippen molar-refractivity contribution in [2.45, 2.75) is 12.6 Å². The summed E-state index contributed by atoms with van der Waals surface area (Å²) in [5.74, 6) is -0.0977. The molecular weight excluding hydrogens is 419 g/mol. The molecule has 1 atom stereocenters. The van der Waals surface area contributed by atoms with E-state index >= 15 is 0 Å². The molecule has 148 valence electrons. The molecule has 0 saturated carbocycles. The second-order valence-electron chi connectivity index (χ2n) is 7.11. The molecule has 1 unspecified atom stereocenters. The van der Waals surface area contributed by atoms with Crippen molar-refractivity contribution >= 4 is 29.1 Å². The number of carbonyl (C=O) groups excluding carboxylic acids is 1. The van der Waals surface area contributed by atoms with E-state index in [1.54, 1.807) is 12.4 Å². The summed E-state index contributed by atoms with van der Waals surface area (Å²) in [5, 5.41) is 8.69. The van der Waals surface area contributed by atoms with E-state index in [9.17, 15) is 4.79 Å². The molecule has 1 amide bonds. The van der Waals surface area contributed by atoms with Crippen LogP contribution in [0.5, 0.6) is 0 Å². The quantitative estimate of drug-likeness (QED) is 0.459. The lowest BCUT2D eigenvalue weighted by Gasteiger charge is -2.26. The average Bonchev–Trinajstić information content (AvgIpc) is 3.29. The number of fused-ring (bicyclic) bond motifs is 1. The van der Waals surface area contributed by atoms with Gasteiger partial charge < -0.3 is 4.90 Å². The molecule has 0 bridgehead atoms. The van der Waals surface area contributed by atoms with Crippen molar-refractivity contribution in [2.75, 3.05) is 0 Å². The molecule has 1 aliphatic heterocycles. The molecule has 1 aliphatic rings. The Morgan fingerprint density at radius 3 is 2.47 bits per heavy atom. The lowest BCUT2D eigenvalue weighted by atomic mass is 9.96. The van der Waals surface area contributed by atoms with Gasteiger partial charge in [-0.15, -0.1) is 0 Å². The van der Waals surface area contributed by atoms with Crippen molar-refractivity contribution in [2.24, 2.45) is 0 Å². The number of benzene rings is 2. The van der Waals surface area contributed by atoms with Crippen LogP contribution in [0.15, 0.2) is 73.1 Å². The van der Waals surface area contributed by atoms with E-state index in [1.165, 1.54) is 0 Å². The Kier molecular flexibility index (Phi) is 4.77. The standard InChI is InChI=1S/C23H16Cl2N4O/c24-17-6-4-15(5-7-17)20-19-21(28-27-20)23(30)29(13-14-8-10-26-11-9-14)22(19)16-2-1-3-18(25)12-16/h1-12,22H,13H2,(H,27,28). The summed E-state index contributed by atoms with van der Waals surface area (Å²) in [6.45, 7) is 0.446. The summed E-state index contributed by atoms with van der Waals surface area (Å²) in [4.78, 5) is 19.3. The first-order chi connectivity index (χ1) is 14.6. The van der Waals surface area contributed by atoms with Crippen LogP contribution in [-0.4, -0.2) is 26.0 Å².